The molecule has 0 atom stereocenters. The molecule has 0 saturated heterocycles. The second-order valence-electron chi connectivity index (χ2n) is 3.64. The third-order valence-corrected chi connectivity index (χ3v) is 3.25. The average molecular weight is 232 g/mol. The lowest BCUT2D eigenvalue weighted by atomic mass is 10.2. The Hall–Kier alpha value is -0.180. The largest absolute Gasteiger partial charge is 0.466 e. The van der Waals surface area contributed by atoms with Gasteiger partial charge in [0.1, 0.15) is 0 Å². The maximum absolute atomic E-state index is 11.2. The van der Waals surface area contributed by atoms with E-state index in [1.165, 1.54) is 25.7 Å². The second-order valence-corrected chi connectivity index (χ2v) is 4.87. The fourth-order valence-electron chi connectivity index (χ4n) is 1.19. The zero-order valence-corrected chi connectivity index (χ0v) is 10.9. The van der Waals surface area contributed by atoms with Gasteiger partial charge in [-0.1, -0.05) is 33.1 Å². The van der Waals surface area contributed by atoms with E-state index in [1.54, 1.807) is 0 Å². The van der Waals surface area contributed by atoms with Crippen LogP contribution >= 0.6 is 11.8 Å². The number of hydrogen-bond acceptors (Lipinski definition) is 3. The van der Waals surface area contributed by atoms with Gasteiger partial charge in [0, 0.05) is 5.75 Å². The fraction of sp³-hybridized carbons (Fsp3) is 0.917. The van der Waals surface area contributed by atoms with Crippen LogP contribution in [0.25, 0.3) is 0 Å². The van der Waals surface area contributed by atoms with Crippen LogP contribution in [0.15, 0.2) is 0 Å². The first-order chi connectivity index (χ1) is 7.31. The Balaban J connectivity index is 3.11. The molecule has 2 nitrogen and oxygen atoms in total. The molecule has 0 amide bonds. The van der Waals surface area contributed by atoms with E-state index in [0.29, 0.717) is 13.0 Å². The number of esters is 1. The van der Waals surface area contributed by atoms with Crippen LogP contribution in [0.4, 0.5) is 0 Å². The molecular weight excluding hydrogens is 208 g/mol. The molecule has 0 unspecified atom stereocenters. The number of carbonyl (C=O) groups is 1. The fourth-order valence-corrected chi connectivity index (χ4v) is 1.99. The van der Waals surface area contributed by atoms with Gasteiger partial charge >= 0.3 is 5.97 Å². The molecular formula is C12H24O2S. The van der Waals surface area contributed by atoms with Gasteiger partial charge in [-0.3, -0.25) is 4.79 Å². The molecule has 0 N–H and O–H groups in total. The smallest absolute Gasteiger partial charge is 0.306 e. The minimum Gasteiger partial charge on any atom is -0.466 e. The van der Waals surface area contributed by atoms with Crippen molar-refractivity contribution in [2.24, 2.45) is 0 Å². The van der Waals surface area contributed by atoms with Gasteiger partial charge in [0.05, 0.1) is 13.0 Å². The first-order valence-corrected chi connectivity index (χ1v) is 7.20. The number of rotatable bonds is 10. The molecule has 15 heavy (non-hydrogen) atoms. The monoisotopic (exact) mass is 232 g/mol. The highest BCUT2D eigenvalue weighted by Gasteiger charge is 2.01. The average Bonchev–Trinajstić information content (AvgIpc) is 2.24. The molecule has 90 valence electrons. The van der Waals surface area contributed by atoms with Crippen LogP contribution in [-0.4, -0.2) is 24.1 Å². The topological polar surface area (TPSA) is 26.3 Å². The lowest BCUT2D eigenvalue weighted by molar-refractivity contribution is -0.143. The van der Waals surface area contributed by atoms with Gasteiger partial charge in [0.2, 0.25) is 0 Å². The Morgan fingerprint density at radius 1 is 1.07 bits per heavy atom. The normalized spacial score (nSPS) is 10.3. The molecule has 0 aromatic carbocycles. The molecule has 3 heteroatoms. The van der Waals surface area contributed by atoms with Crippen molar-refractivity contribution >= 4 is 17.7 Å². The molecule has 0 heterocycles. The van der Waals surface area contributed by atoms with E-state index in [0.717, 1.165) is 17.9 Å². The summed E-state index contributed by atoms with van der Waals surface area (Å²) in [5.41, 5.74) is 0. The van der Waals surface area contributed by atoms with Gasteiger partial charge in [-0.15, -0.1) is 0 Å². The molecule has 0 aliphatic rings. The van der Waals surface area contributed by atoms with E-state index < -0.39 is 0 Å². The van der Waals surface area contributed by atoms with Crippen molar-refractivity contribution < 1.29 is 9.53 Å². The third kappa shape index (κ3) is 11.7. The Morgan fingerprint density at radius 2 is 1.87 bits per heavy atom. The van der Waals surface area contributed by atoms with Crippen LogP contribution in [0.1, 0.15) is 52.4 Å². The SMILES string of the molecule is CCCCCCOC(=O)CCSCCC. The lowest BCUT2D eigenvalue weighted by Crippen LogP contribution is -2.06. The number of hydrogen-bond donors (Lipinski definition) is 0. The second kappa shape index (κ2) is 11.9. The molecule has 0 rings (SSSR count). The Morgan fingerprint density at radius 3 is 2.53 bits per heavy atom. The first kappa shape index (κ1) is 14.8. The predicted molar refractivity (Wildman–Crippen MR) is 67.3 cm³/mol. The molecule has 0 aliphatic carbocycles. The third-order valence-electron chi connectivity index (χ3n) is 2.06. The first-order valence-electron chi connectivity index (χ1n) is 6.04. The summed E-state index contributed by atoms with van der Waals surface area (Å²) in [6.07, 6.45) is 6.40. The van der Waals surface area contributed by atoms with E-state index in [2.05, 4.69) is 13.8 Å². The van der Waals surface area contributed by atoms with E-state index in [1.807, 2.05) is 11.8 Å². The van der Waals surface area contributed by atoms with Crippen molar-refractivity contribution in [2.45, 2.75) is 52.4 Å². The highest BCUT2D eigenvalue weighted by molar-refractivity contribution is 7.99. The summed E-state index contributed by atoms with van der Waals surface area (Å²) in [6, 6.07) is 0. The lowest BCUT2D eigenvalue weighted by Gasteiger charge is -2.04. The summed E-state index contributed by atoms with van der Waals surface area (Å²) in [7, 11) is 0. The van der Waals surface area contributed by atoms with Crippen molar-refractivity contribution in [2.75, 3.05) is 18.1 Å². The van der Waals surface area contributed by atoms with Gasteiger partial charge in [0.25, 0.3) is 0 Å². The van der Waals surface area contributed by atoms with Gasteiger partial charge in [-0.2, -0.15) is 11.8 Å². The highest BCUT2D eigenvalue weighted by atomic mass is 32.2. The summed E-state index contributed by atoms with van der Waals surface area (Å²) in [4.78, 5) is 11.2. The molecule has 0 radical (unpaired) electrons. The van der Waals surface area contributed by atoms with Crippen LogP contribution in [0.5, 0.6) is 0 Å². The molecule has 0 saturated carbocycles. The van der Waals surface area contributed by atoms with Crippen LogP contribution < -0.4 is 0 Å². The number of ether oxygens (including phenoxy) is 1. The van der Waals surface area contributed by atoms with E-state index in [4.69, 9.17) is 4.74 Å². The Kier molecular flexibility index (Phi) is 11.7. The summed E-state index contributed by atoms with van der Waals surface area (Å²) in [6.45, 7) is 4.94. The van der Waals surface area contributed by atoms with Crippen molar-refractivity contribution in [3.8, 4) is 0 Å². The maximum atomic E-state index is 11.2. The van der Waals surface area contributed by atoms with Crippen molar-refractivity contribution in [1.29, 1.82) is 0 Å². The standard InChI is InChI=1S/C12H24O2S/c1-3-5-6-7-9-14-12(13)8-11-15-10-4-2/h3-11H2,1-2H3. The quantitative estimate of drug-likeness (QED) is 0.425. The van der Waals surface area contributed by atoms with Crippen LogP contribution in [0.2, 0.25) is 0 Å². The van der Waals surface area contributed by atoms with Crippen LogP contribution in [0, 0.1) is 0 Å². The molecule has 0 bridgehead atoms. The van der Waals surface area contributed by atoms with Gasteiger partial charge in [0.15, 0.2) is 0 Å². The Labute approximate surface area is 98.2 Å². The summed E-state index contributed by atoms with van der Waals surface area (Å²) in [5, 5.41) is 0. The molecule has 0 aliphatic heterocycles. The predicted octanol–water partition coefficient (Wildman–Crippen LogP) is 3.64. The molecule has 0 spiro atoms. The molecule has 0 fully saturated rings. The highest BCUT2D eigenvalue weighted by Crippen LogP contribution is 2.05. The van der Waals surface area contributed by atoms with Gasteiger partial charge < -0.3 is 4.74 Å². The zero-order chi connectivity index (χ0) is 11.4. The van der Waals surface area contributed by atoms with Crippen molar-refractivity contribution in [3.05, 3.63) is 0 Å². The van der Waals surface area contributed by atoms with E-state index >= 15 is 0 Å². The van der Waals surface area contributed by atoms with Gasteiger partial charge in [-0.25, -0.2) is 0 Å². The van der Waals surface area contributed by atoms with E-state index in [9.17, 15) is 4.79 Å². The van der Waals surface area contributed by atoms with Crippen molar-refractivity contribution in [3.63, 3.8) is 0 Å². The number of thioether (sulfide) groups is 1. The maximum Gasteiger partial charge on any atom is 0.306 e. The molecule has 0 aromatic rings. The summed E-state index contributed by atoms with van der Waals surface area (Å²) in [5.74, 6) is 2.01. The van der Waals surface area contributed by atoms with Gasteiger partial charge in [-0.05, 0) is 18.6 Å². The minimum atomic E-state index is -0.0323. The van der Waals surface area contributed by atoms with Crippen molar-refractivity contribution in [1.82, 2.24) is 0 Å². The number of carbonyl (C=O) groups excluding carboxylic acids is 1. The van der Waals surface area contributed by atoms with Crippen LogP contribution in [0.3, 0.4) is 0 Å². The summed E-state index contributed by atoms with van der Waals surface area (Å²) >= 11 is 1.83. The van der Waals surface area contributed by atoms with E-state index in [-0.39, 0.29) is 5.97 Å². The zero-order valence-electron chi connectivity index (χ0n) is 10.1. The van der Waals surface area contributed by atoms with Crippen LogP contribution in [-0.2, 0) is 9.53 Å². The number of unbranched alkanes of at least 4 members (excludes halogenated alkanes) is 3. The molecule has 0 aromatic heterocycles. The summed E-state index contributed by atoms with van der Waals surface area (Å²) < 4.78 is 5.12. The Bertz CT molecular complexity index is 149. The minimum absolute atomic E-state index is 0.0323.